The summed E-state index contributed by atoms with van der Waals surface area (Å²) in [5, 5.41) is 0. The number of aryl methyl sites for hydroxylation is 2. The molecule has 1 saturated heterocycles. The molecule has 0 radical (unpaired) electrons. The molecule has 0 aliphatic carbocycles. The van der Waals surface area contributed by atoms with E-state index in [9.17, 15) is 4.39 Å². The molecule has 2 aromatic rings. The first-order valence-corrected chi connectivity index (χ1v) is 7.76. The Kier molecular flexibility index (Phi) is 4.39. The predicted octanol–water partition coefficient (Wildman–Crippen LogP) is 3.16. The Labute approximate surface area is 131 Å². The summed E-state index contributed by atoms with van der Waals surface area (Å²) >= 11 is 0. The number of anilines is 1. The summed E-state index contributed by atoms with van der Waals surface area (Å²) in [5.74, 6) is -0.258. The molecule has 0 unspecified atom stereocenters. The highest BCUT2D eigenvalue weighted by atomic mass is 19.1. The summed E-state index contributed by atoms with van der Waals surface area (Å²) in [4.78, 5) is 8.73. The standard InChI is InChI=1S/C18H22FN3/c1-14-3-4-15(2)18(9-14)22-7-5-21(6-8-22)13-16-10-17(19)12-20-11-16/h3-4,9-12H,5-8,13H2,1-2H3. The molecule has 2 heterocycles. The van der Waals surface area contributed by atoms with Crippen molar-refractivity contribution in [3.63, 3.8) is 0 Å². The predicted molar refractivity (Wildman–Crippen MR) is 87.6 cm³/mol. The highest BCUT2D eigenvalue weighted by Crippen LogP contribution is 2.23. The zero-order valence-electron chi connectivity index (χ0n) is 13.2. The van der Waals surface area contributed by atoms with Crippen molar-refractivity contribution in [3.05, 3.63) is 59.2 Å². The van der Waals surface area contributed by atoms with Crippen molar-refractivity contribution in [1.82, 2.24) is 9.88 Å². The Morgan fingerprint density at radius 1 is 1.05 bits per heavy atom. The quantitative estimate of drug-likeness (QED) is 0.868. The molecule has 0 amide bonds. The third kappa shape index (κ3) is 3.45. The molecule has 0 atom stereocenters. The first kappa shape index (κ1) is 15.0. The zero-order valence-corrected chi connectivity index (χ0v) is 13.2. The summed E-state index contributed by atoms with van der Waals surface area (Å²) in [6.07, 6.45) is 3.00. The molecular weight excluding hydrogens is 277 g/mol. The third-order valence-electron chi connectivity index (χ3n) is 4.25. The average Bonchev–Trinajstić information content (AvgIpc) is 2.51. The molecule has 1 aromatic carbocycles. The topological polar surface area (TPSA) is 19.4 Å². The Morgan fingerprint density at radius 2 is 1.82 bits per heavy atom. The van der Waals surface area contributed by atoms with Crippen LogP contribution in [0, 0.1) is 19.7 Å². The minimum Gasteiger partial charge on any atom is -0.369 e. The first-order valence-electron chi connectivity index (χ1n) is 7.76. The van der Waals surface area contributed by atoms with Gasteiger partial charge < -0.3 is 4.90 Å². The van der Waals surface area contributed by atoms with Gasteiger partial charge in [0.15, 0.2) is 0 Å². The first-order chi connectivity index (χ1) is 10.6. The second-order valence-corrected chi connectivity index (χ2v) is 6.06. The fourth-order valence-electron chi connectivity index (χ4n) is 3.01. The molecule has 1 aliphatic rings. The second-order valence-electron chi connectivity index (χ2n) is 6.06. The molecule has 22 heavy (non-hydrogen) atoms. The van der Waals surface area contributed by atoms with Crippen LogP contribution >= 0.6 is 0 Å². The largest absolute Gasteiger partial charge is 0.369 e. The number of aromatic nitrogens is 1. The van der Waals surface area contributed by atoms with E-state index in [0.717, 1.165) is 38.3 Å². The van der Waals surface area contributed by atoms with Crippen molar-refractivity contribution in [1.29, 1.82) is 0 Å². The number of nitrogens with zero attached hydrogens (tertiary/aromatic N) is 3. The maximum Gasteiger partial charge on any atom is 0.141 e. The van der Waals surface area contributed by atoms with Crippen molar-refractivity contribution in [2.45, 2.75) is 20.4 Å². The van der Waals surface area contributed by atoms with Gasteiger partial charge in [-0.2, -0.15) is 0 Å². The Morgan fingerprint density at radius 3 is 2.55 bits per heavy atom. The number of hydrogen-bond acceptors (Lipinski definition) is 3. The van der Waals surface area contributed by atoms with Crippen LogP contribution in [0.5, 0.6) is 0 Å². The van der Waals surface area contributed by atoms with E-state index < -0.39 is 0 Å². The van der Waals surface area contributed by atoms with Crippen molar-refractivity contribution in [2.75, 3.05) is 31.1 Å². The van der Waals surface area contributed by atoms with Crippen molar-refractivity contribution >= 4 is 5.69 Å². The van der Waals surface area contributed by atoms with E-state index in [-0.39, 0.29) is 5.82 Å². The lowest BCUT2D eigenvalue weighted by atomic mass is 10.1. The highest BCUT2D eigenvalue weighted by Gasteiger charge is 2.18. The Bertz CT molecular complexity index is 649. The van der Waals surface area contributed by atoms with Crippen LogP contribution in [-0.2, 0) is 6.54 Å². The highest BCUT2D eigenvalue weighted by molar-refractivity contribution is 5.55. The molecule has 1 fully saturated rings. The van der Waals surface area contributed by atoms with Gasteiger partial charge >= 0.3 is 0 Å². The molecule has 116 valence electrons. The average molecular weight is 299 g/mol. The monoisotopic (exact) mass is 299 g/mol. The molecule has 1 aromatic heterocycles. The van der Waals surface area contributed by atoms with Crippen LogP contribution in [-0.4, -0.2) is 36.1 Å². The van der Waals surface area contributed by atoms with E-state index in [2.05, 4.69) is 46.8 Å². The lowest BCUT2D eigenvalue weighted by Crippen LogP contribution is -2.46. The Balaban J connectivity index is 1.61. The van der Waals surface area contributed by atoms with Crippen molar-refractivity contribution in [2.24, 2.45) is 0 Å². The number of hydrogen-bond donors (Lipinski definition) is 0. The van der Waals surface area contributed by atoms with Gasteiger partial charge in [-0.3, -0.25) is 9.88 Å². The molecule has 0 saturated carbocycles. The van der Waals surface area contributed by atoms with Gasteiger partial charge in [-0.15, -0.1) is 0 Å². The minimum atomic E-state index is -0.258. The summed E-state index contributed by atoms with van der Waals surface area (Å²) in [6, 6.07) is 8.19. The van der Waals surface area contributed by atoms with E-state index in [1.165, 1.54) is 23.0 Å². The van der Waals surface area contributed by atoms with E-state index in [1.54, 1.807) is 12.3 Å². The van der Waals surface area contributed by atoms with E-state index in [0.29, 0.717) is 0 Å². The van der Waals surface area contributed by atoms with Crippen LogP contribution in [0.3, 0.4) is 0 Å². The van der Waals surface area contributed by atoms with Gasteiger partial charge in [0.05, 0.1) is 6.20 Å². The molecule has 0 bridgehead atoms. The zero-order chi connectivity index (χ0) is 15.5. The summed E-state index contributed by atoms with van der Waals surface area (Å²) in [6.45, 7) is 9.06. The molecule has 3 nitrogen and oxygen atoms in total. The van der Waals surface area contributed by atoms with Crippen LogP contribution in [0.15, 0.2) is 36.7 Å². The smallest absolute Gasteiger partial charge is 0.141 e. The van der Waals surface area contributed by atoms with E-state index >= 15 is 0 Å². The molecular formula is C18H22FN3. The van der Waals surface area contributed by atoms with Gasteiger partial charge in [0, 0.05) is 44.6 Å². The number of benzene rings is 1. The number of pyridine rings is 1. The maximum atomic E-state index is 13.2. The summed E-state index contributed by atoms with van der Waals surface area (Å²) in [7, 11) is 0. The van der Waals surface area contributed by atoms with Gasteiger partial charge in [0.25, 0.3) is 0 Å². The van der Waals surface area contributed by atoms with Gasteiger partial charge in [-0.05, 0) is 42.7 Å². The molecule has 3 rings (SSSR count). The second kappa shape index (κ2) is 6.44. The van der Waals surface area contributed by atoms with E-state index in [4.69, 9.17) is 0 Å². The maximum absolute atomic E-state index is 13.2. The van der Waals surface area contributed by atoms with Gasteiger partial charge in [0.2, 0.25) is 0 Å². The molecule has 1 aliphatic heterocycles. The fraction of sp³-hybridized carbons (Fsp3) is 0.389. The molecule has 0 N–H and O–H groups in total. The molecule has 4 heteroatoms. The lowest BCUT2D eigenvalue weighted by molar-refractivity contribution is 0.249. The van der Waals surface area contributed by atoms with Gasteiger partial charge in [-0.1, -0.05) is 12.1 Å². The van der Waals surface area contributed by atoms with E-state index in [1.807, 2.05) is 0 Å². The minimum absolute atomic E-state index is 0.258. The van der Waals surface area contributed by atoms with Crippen molar-refractivity contribution < 1.29 is 4.39 Å². The number of rotatable bonds is 3. The van der Waals surface area contributed by atoms with Crippen molar-refractivity contribution in [3.8, 4) is 0 Å². The van der Waals surface area contributed by atoms with Crippen LogP contribution in [0.4, 0.5) is 10.1 Å². The normalized spacial score (nSPS) is 16.0. The lowest BCUT2D eigenvalue weighted by Gasteiger charge is -2.37. The van der Waals surface area contributed by atoms with Crippen LogP contribution < -0.4 is 4.90 Å². The third-order valence-corrected chi connectivity index (χ3v) is 4.25. The summed E-state index contributed by atoms with van der Waals surface area (Å²) < 4.78 is 13.2. The number of halogens is 1. The SMILES string of the molecule is Cc1ccc(C)c(N2CCN(Cc3cncc(F)c3)CC2)c1. The van der Waals surface area contributed by atoms with Crippen LogP contribution in [0.25, 0.3) is 0 Å². The summed E-state index contributed by atoms with van der Waals surface area (Å²) in [5.41, 5.74) is 4.91. The van der Waals surface area contributed by atoms with Gasteiger partial charge in [-0.25, -0.2) is 4.39 Å². The van der Waals surface area contributed by atoms with Gasteiger partial charge in [0.1, 0.15) is 5.82 Å². The van der Waals surface area contributed by atoms with Crippen LogP contribution in [0.1, 0.15) is 16.7 Å². The molecule has 0 spiro atoms. The number of piperazine rings is 1. The fourth-order valence-corrected chi connectivity index (χ4v) is 3.01. The van der Waals surface area contributed by atoms with Crippen LogP contribution in [0.2, 0.25) is 0 Å². The Hall–Kier alpha value is -1.94.